The third-order valence-electron chi connectivity index (χ3n) is 2.47. The highest BCUT2D eigenvalue weighted by Crippen LogP contribution is 2.23. The number of halogens is 1. The lowest BCUT2D eigenvalue weighted by atomic mass is 10.2. The van der Waals surface area contributed by atoms with E-state index >= 15 is 0 Å². The van der Waals surface area contributed by atoms with Gasteiger partial charge in [0.1, 0.15) is 0 Å². The van der Waals surface area contributed by atoms with Gasteiger partial charge in [0.25, 0.3) is 0 Å². The van der Waals surface area contributed by atoms with Crippen LogP contribution in [-0.2, 0) is 0 Å². The predicted octanol–water partition coefficient (Wildman–Crippen LogP) is 3.52. The minimum Gasteiger partial charge on any atom is -0.381 e. The molecular formula is C11H14INS. The van der Waals surface area contributed by atoms with Gasteiger partial charge in [0.2, 0.25) is 0 Å². The smallest absolute Gasteiger partial charge is 0.0359 e. The molecule has 76 valence electrons. The number of nitrogens with one attached hydrogen (secondary N) is 1. The van der Waals surface area contributed by atoms with Crippen LogP contribution in [-0.4, -0.2) is 17.5 Å². The highest BCUT2D eigenvalue weighted by atomic mass is 127. The molecule has 1 saturated heterocycles. The van der Waals surface area contributed by atoms with Crippen LogP contribution >= 0.6 is 34.4 Å². The maximum absolute atomic E-state index is 3.58. The van der Waals surface area contributed by atoms with Gasteiger partial charge in [0.05, 0.1) is 0 Å². The van der Waals surface area contributed by atoms with Crippen molar-refractivity contribution < 1.29 is 0 Å². The fourth-order valence-corrected chi connectivity index (χ4v) is 3.23. The molecule has 14 heavy (non-hydrogen) atoms. The van der Waals surface area contributed by atoms with Gasteiger partial charge in [-0.2, -0.15) is 11.8 Å². The monoisotopic (exact) mass is 319 g/mol. The summed E-state index contributed by atoms with van der Waals surface area (Å²) in [6.07, 6.45) is 1.30. The van der Waals surface area contributed by atoms with Gasteiger partial charge in [0.15, 0.2) is 0 Å². The maximum Gasteiger partial charge on any atom is 0.0359 e. The Bertz CT molecular complexity index is 321. The van der Waals surface area contributed by atoms with Gasteiger partial charge in [0, 0.05) is 21.1 Å². The van der Waals surface area contributed by atoms with Crippen molar-refractivity contribution in [3.8, 4) is 0 Å². The lowest BCUT2D eigenvalue weighted by Crippen LogP contribution is -2.17. The molecule has 1 heterocycles. The summed E-state index contributed by atoms with van der Waals surface area (Å²) in [5.74, 6) is 2.56. The average molecular weight is 319 g/mol. The molecule has 1 atom stereocenters. The predicted molar refractivity (Wildman–Crippen MR) is 73.2 cm³/mol. The van der Waals surface area contributed by atoms with E-state index in [-0.39, 0.29) is 0 Å². The number of hydrogen-bond acceptors (Lipinski definition) is 2. The number of aryl methyl sites for hydroxylation is 1. The third-order valence-corrected chi connectivity index (χ3v) is 4.80. The number of benzene rings is 1. The summed E-state index contributed by atoms with van der Waals surface area (Å²) < 4.78 is 1.35. The van der Waals surface area contributed by atoms with E-state index in [1.165, 1.54) is 32.7 Å². The Morgan fingerprint density at radius 3 is 3.00 bits per heavy atom. The second-order valence-electron chi connectivity index (χ2n) is 3.67. The molecule has 0 amide bonds. The maximum atomic E-state index is 3.58. The molecule has 1 unspecified atom stereocenters. The summed E-state index contributed by atoms with van der Waals surface area (Å²) in [5.41, 5.74) is 2.63. The van der Waals surface area contributed by atoms with Crippen LogP contribution < -0.4 is 5.32 Å². The Morgan fingerprint density at radius 1 is 1.50 bits per heavy atom. The quantitative estimate of drug-likeness (QED) is 0.837. The summed E-state index contributed by atoms with van der Waals surface area (Å²) in [7, 11) is 0. The van der Waals surface area contributed by atoms with Gasteiger partial charge in [-0.15, -0.1) is 0 Å². The molecule has 1 N–H and O–H groups in total. The normalized spacial score (nSPS) is 21.1. The minimum atomic E-state index is 0.679. The Balaban J connectivity index is 2.05. The second-order valence-corrected chi connectivity index (χ2v) is 5.98. The van der Waals surface area contributed by atoms with E-state index in [0.717, 1.165) is 0 Å². The highest BCUT2D eigenvalue weighted by Gasteiger charge is 2.14. The first-order valence-corrected chi connectivity index (χ1v) is 7.09. The first kappa shape index (κ1) is 10.6. The van der Waals surface area contributed by atoms with Crippen LogP contribution in [0.2, 0.25) is 0 Å². The van der Waals surface area contributed by atoms with Gasteiger partial charge in [-0.3, -0.25) is 0 Å². The fourth-order valence-electron chi connectivity index (χ4n) is 1.57. The van der Waals surface area contributed by atoms with Crippen LogP contribution in [0.15, 0.2) is 18.2 Å². The molecular weight excluding hydrogens is 305 g/mol. The van der Waals surface area contributed by atoms with Crippen LogP contribution in [0.25, 0.3) is 0 Å². The molecule has 0 aliphatic carbocycles. The Hall–Kier alpha value is 0.100. The molecule has 1 aromatic carbocycles. The van der Waals surface area contributed by atoms with Crippen molar-refractivity contribution >= 4 is 40.0 Å². The van der Waals surface area contributed by atoms with E-state index in [0.29, 0.717) is 6.04 Å². The molecule has 1 aliphatic heterocycles. The van der Waals surface area contributed by atoms with Crippen molar-refractivity contribution in [1.82, 2.24) is 0 Å². The zero-order chi connectivity index (χ0) is 9.97. The third kappa shape index (κ3) is 2.57. The molecule has 1 aliphatic rings. The van der Waals surface area contributed by atoms with Gasteiger partial charge >= 0.3 is 0 Å². The fraction of sp³-hybridized carbons (Fsp3) is 0.455. The SMILES string of the molecule is Cc1ccc(NC2CCSC2)cc1I. The van der Waals surface area contributed by atoms with E-state index in [4.69, 9.17) is 0 Å². The number of anilines is 1. The van der Waals surface area contributed by atoms with Crippen molar-refractivity contribution in [3.63, 3.8) is 0 Å². The van der Waals surface area contributed by atoms with Gasteiger partial charge in [-0.1, -0.05) is 6.07 Å². The molecule has 2 rings (SSSR count). The summed E-state index contributed by atoms with van der Waals surface area (Å²) in [4.78, 5) is 0. The topological polar surface area (TPSA) is 12.0 Å². The molecule has 1 aromatic rings. The van der Waals surface area contributed by atoms with Crippen LogP contribution in [0.1, 0.15) is 12.0 Å². The molecule has 0 bridgehead atoms. The van der Waals surface area contributed by atoms with Crippen LogP contribution in [0, 0.1) is 10.5 Å². The van der Waals surface area contributed by atoms with E-state index in [1.54, 1.807) is 0 Å². The summed E-state index contributed by atoms with van der Waals surface area (Å²) in [5, 5.41) is 3.58. The summed E-state index contributed by atoms with van der Waals surface area (Å²) >= 11 is 4.44. The van der Waals surface area contributed by atoms with Crippen molar-refractivity contribution in [2.45, 2.75) is 19.4 Å². The largest absolute Gasteiger partial charge is 0.381 e. The lowest BCUT2D eigenvalue weighted by molar-refractivity contribution is 0.813. The zero-order valence-corrected chi connectivity index (χ0v) is 11.2. The van der Waals surface area contributed by atoms with Crippen LogP contribution in [0.3, 0.4) is 0 Å². The number of hydrogen-bond donors (Lipinski definition) is 1. The molecule has 3 heteroatoms. The van der Waals surface area contributed by atoms with Gasteiger partial charge < -0.3 is 5.32 Å². The number of thioether (sulfide) groups is 1. The Labute approximate surface area is 103 Å². The number of rotatable bonds is 2. The Kier molecular flexibility index (Phi) is 3.60. The van der Waals surface area contributed by atoms with Crippen molar-refractivity contribution in [3.05, 3.63) is 27.3 Å². The van der Waals surface area contributed by atoms with Crippen molar-refractivity contribution in [1.29, 1.82) is 0 Å². The van der Waals surface area contributed by atoms with E-state index in [2.05, 4.69) is 53.0 Å². The molecule has 0 aromatic heterocycles. The lowest BCUT2D eigenvalue weighted by Gasteiger charge is -2.13. The first-order valence-electron chi connectivity index (χ1n) is 4.86. The molecule has 0 radical (unpaired) electrons. The molecule has 0 saturated carbocycles. The molecule has 1 nitrogen and oxygen atoms in total. The van der Waals surface area contributed by atoms with E-state index in [1.807, 2.05) is 11.8 Å². The molecule has 0 spiro atoms. The van der Waals surface area contributed by atoms with E-state index in [9.17, 15) is 0 Å². The minimum absolute atomic E-state index is 0.679. The van der Waals surface area contributed by atoms with Crippen molar-refractivity contribution in [2.75, 3.05) is 16.8 Å². The highest BCUT2D eigenvalue weighted by molar-refractivity contribution is 14.1. The van der Waals surface area contributed by atoms with E-state index < -0.39 is 0 Å². The van der Waals surface area contributed by atoms with Crippen molar-refractivity contribution in [2.24, 2.45) is 0 Å². The average Bonchev–Trinajstić information content (AvgIpc) is 2.64. The van der Waals surface area contributed by atoms with Crippen LogP contribution in [0.4, 0.5) is 5.69 Å². The second kappa shape index (κ2) is 4.75. The summed E-state index contributed by atoms with van der Waals surface area (Å²) in [6.45, 7) is 2.15. The Morgan fingerprint density at radius 2 is 2.36 bits per heavy atom. The standard InChI is InChI=1S/C11H14INS/c1-8-2-3-9(6-11(8)12)13-10-4-5-14-7-10/h2-3,6,10,13H,4-5,7H2,1H3. The zero-order valence-electron chi connectivity index (χ0n) is 8.22. The van der Waals surface area contributed by atoms with Gasteiger partial charge in [-0.25, -0.2) is 0 Å². The van der Waals surface area contributed by atoms with Crippen LogP contribution in [0.5, 0.6) is 0 Å². The first-order chi connectivity index (χ1) is 6.75. The summed E-state index contributed by atoms with van der Waals surface area (Å²) in [6, 6.07) is 7.28. The molecule has 1 fully saturated rings. The van der Waals surface area contributed by atoms with Gasteiger partial charge in [-0.05, 0) is 59.4 Å².